The fourth-order valence-corrected chi connectivity index (χ4v) is 3.15. The quantitative estimate of drug-likeness (QED) is 0.681. The van der Waals surface area contributed by atoms with E-state index >= 15 is 0 Å². The largest absolute Gasteiger partial charge is 0.402 e. The number of esters is 1. The SMILES string of the molecule is NC1CCN(/C=C2/N=C(c3cccc4ccccc34)OC2=O)CC1. The van der Waals surface area contributed by atoms with Gasteiger partial charge in [0.05, 0.1) is 0 Å². The zero-order valence-corrected chi connectivity index (χ0v) is 13.3. The third kappa shape index (κ3) is 2.78. The molecule has 122 valence electrons. The van der Waals surface area contributed by atoms with E-state index in [9.17, 15) is 4.79 Å². The van der Waals surface area contributed by atoms with Gasteiger partial charge in [0.25, 0.3) is 0 Å². The van der Waals surface area contributed by atoms with E-state index in [1.54, 1.807) is 6.20 Å². The molecule has 5 heteroatoms. The van der Waals surface area contributed by atoms with Gasteiger partial charge in [-0.2, -0.15) is 0 Å². The second kappa shape index (κ2) is 6.09. The lowest BCUT2D eigenvalue weighted by Gasteiger charge is -2.28. The van der Waals surface area contributed by atoms with Crippen LogP contribution in [0.15, 0.2) is 59.4 Å². The number of hydrogen-bond acceptors (Lipinski definition) is 5. The normalized spacial score (nSPS) is 20.5. The summed E-state index contributed by atoms with van der Waals surface area (Å²) in [6, 6.07) is 14.2. The number of aliphatic imine (C=N–C) groups is 1. The van der Waals surface area contributed by atoms with Crippen molar-refractivity contribution in [2.75, 3.05) is 13.1 Å². The van der Waals surface area contributed by atoms with Crippen LogP contribution in [0.4, 0.5) is 0 Å². The number of rotatable bonds is 2. The topological polar surface area (TPSA) is 67.9 Å². The van der Waals surface area contributed by atoms with Gasteiger partial charge < -0.3 is 15.4 Å². The summed E-state index contributed by atoms with van der Waals surface area (Å²) in [5.41, 5.74) is 7.11. The van der Waals surface area contributed by atoms with Crippen LogP contribution in [0, 0.1) is 0 Å². The van der Waals surface area contributed by atoms with Gasteiger partial charge in [-0.3, -0.25) is 0 Å². The van der Waals surface area contributed by atoms with Crippen LogP contribution in [0.2, 0.25) is 0 Å². The summed E-state index contributed by atoms with van der Waals surface area (Å²) in [6.45, 7) is 1.69. The highest BCUT2D eigenvalue weighted by Crippen LogP contribution is 2.24. The molecule has 2 aromatic carbocycles. The summed E-state index contributed by atoms with van der Waals surface area (Å²) in [6.07, 6.45) is 3.66. The predicted octanol–water partition coefficient (Wildman–Crippen LogP) is 2.41. The summed E-state index contributed by atoms with van der Waals surface area (Å²) in [4.78, 5) is 18.7. The number of carbonyl (C=O) groups excluding carboxylic acids is 1. The highest BCUT2D eigenvalue weighted by atomic mass is 16.6. The van der Waals surface area contributed by atoms with Crippen molar-refractivity contribution in [2.45, 2.75) is 18.9 Å². The van der Waals surface area contributed by atoms with Crippen molar-refractivity contribution in [3.05, 3.63) is 59.9 Å². The molecule has 0 amide bonds. The molecule has 0 atom stereocenters. The first-order valence-electron chi connectivity index (χ1n) is 8.21. The lowest BCUT2D eigenvalue weighted by atomic mass is 10.0. The van der Waals surface area contributed by atoms with Crippen molar-refractivity contribution in [1.29, 1.82) is 0 Å². The fraction of sp³-hybridized carbons (Fsp3) is 0.263. The van der Waals surface area contributed by atoms with Gasteiger partial charge in [-0.25, -0.2) is 9.79 Å². The third-order valence-corrected chi connectivity index (χ3v) is 4.52. The van der Waals surface area contributed by atoms with E-state index in [-0.39, 0.29) is 6.04 Å². The Morgan fingerprint density at radius 2 is 1.88 bits per heavy atom. The average Bonchev–Trinajstić information content (AvgIpc) is 2.97. The molecule has 0 aliphatic carbocycles. The van der Waals surface area contributed by atoms with Crippen molar-refractivity contribution in [3.63, 3.8) is 0 Å². The molecule has 4 rings (SSSR count). The molecule has 0 saturated carbocycles. The van der Waals surface area contributed by atoms with E-state index in [0.29, 0.717) is 11.6 Å². The monoisotopic (exact) mass is 321 g/mol. The second-order valence-electron chi connectivity index (χ2n) is 6.22. The Bertz CT molecular complexity index is 843. The van der Waals surface area contributed by atoms with Crippen molar-refractivity contribution >= 4 is 22.6 Å². The lowest BCUT2D eigenvalue weighted by molar-refractivity contribution is -0.130. The predicted molar refractivity (Wildman–Crippen MR) is 93.4 cm³/mol. The molecule has 0 radical (unpaired) electrons. The van der Waals surface area contributed by atoms with Crippen LogP contribution in [0.3, 0.4) is 0 Å². The summed E-state index contributed by atoms with van der Waals surface area (Å²) in [7, 11) is 0. The third-order valence-electron chi connectivity index (χ3n) is 4.52. The smallest absolute Gasteiger partial charge is 0.365 e. The Morgan fingerprint density at radius 1 is 1.12 bits per heavy atom. The standard InChI is InChI=1S/C19H19N3O2/c20-14-8-10-22(11-9-14)12-17-19(23)24-18(21-17)16-7-3-5-13-4-1-2-6-15(13)16/h1-7,12,14H,8-11,20H2/b17-12+. The van der Waals surface area contributed by atoms with Crippen molar-refractivity contribution in [2.24, 2.45) is 10.7 Å². The Labute approximate surface area is 140 Å². The zero-order valence-electron chi connectivity index (χ0n) is 13.3. The minimum Gasteiger partial charge on any atom is -0.402 e. The number of nitrogens with zero attached hydrogens (tertiary/aromatic N) is 2. The van der Waals surface area contributed by atoms with Gasteiger partial charge in [0, 0.05) is 30.9 Å². The summed E-state index contributed by atoms with van der Waals surface area (Å²) < 4.78 is 5.42. The molecule has 0 aromatic heterocycles. The van der Waals surface area contributed by atoms with E-state index in [1.165, 1.54) is 0 Å². The van der Waals surface area contributed by atoms with Gasteiger partial charge >= 0.3 is 5.97 Å². The maximum atomic E-state index is 12.2. The summed E-state index contributed by atoms with van der Waals surface area (Å²) in [5.74, 6) is -0.0235. The van der Waals surface area contributed by atoms with E-state index in [0.717, 1.165) is 42.3 Å². The van der Waals surface area contributed by atoms with Crippen LogP contribution in [-0.2, 0) is 9.53 Å². The Kier molecular flexibility index (Phi) is 3.78. The number of ether oxygens (including phenoxy) is 1. The number of cyclic esters (lactones) is 1. The van der Waals surface area contributed by atoms with Gasteiger partial charge in [-0.15, -0.1) is 0 Å². The van der Waals surface area contributed by atoms with E-state index in [4.69, 9.17) is 10.5 Å². The molecule has 2 aromatic rings. The van der Waals surface area contributed by atoms with E-state index < -0.39 is 5.97 Å². The average molecular weight is 321 g/mol. The van der Waals surface area contributed by atoms with Crippen LogP contribution in [0.5, 0.6) is 0 Å². The Morgan fingerprint density at radius 3 is 2.71 bits per heavy atom. The van der Waals surface area contributed by atoms with Crippen molar-refractivity contribution in [1.82, 2.24) is 4.90 Å². The van der Waals surface area contributed by atoms with E-state index in [2.05, 4.69) is 9.89 Å². The molecular weight excluding hydrogens is 302 g/mol. The first-order chi connectivity index (χ1) is 11.7. The van der Waals surface area contributed by atoms with Gasteiger partial charge in [0.2, 0.25) is 5.90 Å². The number of nitrogens with two attached hydrogens (primary N) is 1. The van der Waals surface area contributed by atoms with Crippen LogP contribution < -0.4 is 5.73 Å². The number of fused-ring (bicyclic) bond motifs is 1. The molecule has 2 aliphatic heterocycles. The molecule has 2 N–H and O–H groups in total. The second-order valence-corrected chi connectivity index (χ2v) is 6.22. The molecule has 1 fully saturated rings. The van der Waals surface area contributed by atoms with Crippen LogP contribution in [-0.4, -0.2) is 35.9 Å². The summed E-state index contributed by atoms with van der Waals surface area (Å²) in [5, 5.41) is 2.12. The molecule has 5 nitrogen and oxygen atoms in total. The van der Waals surface area contributed by atoms with E-state index in [1.807, 2.05) is 42.5 Å². The number of piperidine rings is 1. The molecule has 2 heterocycles. The summed E-state index contributed by atoms with van der Waals surface area (Å²) >= 11 is 0. The molecule has 0 unspecified atom stereocenters. The first-order valence-corrected chi connectivity index (χ1v) is 8.21. The molecular formula is C19H19N3O2. The lowest BCUT2D eigenvalue weighted by Crippen LogP contribution is -2.37. The van der Waals surface area contributed by atoms with Crippen LogP contribution in [0.1, 0.15) is 18.4 Å². The van der Waals surface area contributed by atoms with Crippen molar-refractivity contribution < 1.29 is 9.53 Å². The van der Waals surface area contributed by atoms with Gasteiger partial charge in [-0.05, 0) is 29.7 Å². The maximum Gasteiger partial charge on any atom is 0.365 e. The van der Waals surface area contributed by atoms with Crippen LogP contribution >= 0.6 is 0 Å². The molecule has 1 saturated heterocycles. The van der Waals surface area contributed by atoms with Gasteiger partial charge in [-0.1, -0.05) is 36.4 Å². The van der Waals surface area contributed by atoms with Crippen molar-refractivity contribution in [3.8, 4) is 0 Å². The maximum absolute atomic E-state index is 12.2. The molecule has 0 bridgehead atoms. The molecule has 0 spiro atoms. The number of likely N-dealkylation sites (tertiary alicyclic amines) is 1. The minimum absolute atomic E-state index is 0.255. The zero-order chi connectivity index (χ0) is 16.5. The number of benzene rings is 2. The van der Waals surface area contributed by atoms with Gasteiger partial charge in [0.15, 0.2) is 5.70 Å². The van der Waals surface area contributed by atoms with Crippen LogP contribution in [0.25, 0.3) is 10.8 Å². The highest BCUT2D eigenvalue weighted by Gasteiger charge is 2.26. The highest BCUT2D eigenvalue weighted by molar-refractivity contribution is 6.16. The van der Waals surface area contributed by atoms with Gasteiger partial charge in [0.1, 0.15) is 0 Å². The Balaban J connectivity index is 1.66. The molecule has 2 aliphatic rings. The number of hydrogen-bond donors (Lipinski definition) is 1. The first kappa shape index (κ1) is 14.9. The number of carbonyl (C=O) groups is 1. The fourth-order valence-electron chi connectivity index (χ4n) is 3.15. The Hall–Kier alpha value is -2.66. The minimum atomic E-state index is -0.396. The molecule has 24 heavy (non-hydrogen) atoms.